The Morgan fingerprint density at radius 1 is 1.06 bits per heavy atom. The van der Waals surface area contributed by atoms with Gasteiger partial charge in [0, 0.05) is 12.6 Å². The van der Waals surface area contributed by atoms with E-state index in [-0.39, 0.29) is 0 Å². The monoisotopic (exact) mass is 257 g/mol. The van der Waals surface area contributed by atoms with Crippen molar-refractivity contribution in [2.45, 2.75) is 77.0 Å². The molecule has 0 bridgehead atoms. The Morgan fingerprint density at radius 3 is 1.94 bits per heavy atom. The molecule has 3 heteroatoms. The molecule has 1 heterocycles. The second-order valence-corrected chi connectivity index (χ2v) is 11.9. The molecule has 0 aromatic heterocycles. The third kappa shape index (κ3) is 3.33. The van der Waals surface area contributed by atoms with Crippen molar-refractivity contribution < 1.29 is 4.43 Å². The van der Waals surface area contributed by atoms with Crippen molar-refractivity contribution in [1.29, 1.82) is 0 Å². The predicted octanol–water partition coefficient (Wildman–Crippen LogP) is 3.93. The molecule has 0 aliphatic carbocycles. The lowest BCUT2D eigenvalue weighted by Gasteiger charge is -2.42. The first-order valence-electron chi connectivity index (χ1n) is 7.28. The van der Waals surface area contributed by atoms with E-state index >= 15 is 0 Å². The summed E-state index contributed by atoms with van der Waals surface area (Å²) in [5.41, 5.74) is 2.09. The number of hydrogen-bond donors (Lipinski definition) is 1. The van der Waals surface area contributed by atoms with Crippen LogP contribution in [0.4, 0.5) is 0 Å². The molecule has 1 rings (SSSR count). The van der Waals surface area contributed by atoms with Crippen LogP contribution in [0.5, 0.6) is 0 Å². The molecular weight excluding hydrogens is 226 g/mol. The molecule has 0 saturated carbocycles. The van der Waals surface area contributed by atoms with Gasteiger partial charge in [-0.25, -0.2) is 0 Å². The molecule has 1 atom stereocenters. The second kappa shape index (κ2) is 6.35. The van der Waals surface area contributed by atoms with E-state index in [2.05, 4.69) is 46.9 Å². The first kappa shape index (κ1) is 15.2. The molecule has 1 aliphatic heterocycles. The molecular formula is C14H31NOSi. The van der Waals surface area contributed by atoms with Crippen LogP contribution in [-0.2, 0) is 4.43 Å². The number of rotatable bonds is 6. The largest absolute Gasteiger partial charge is 0.414 e. The second-order valence-electron chi connectivity index (χ2n) is 6.42. The van der Waals surface area contributed by atoms with E-state index < -0.39 is 8.32 Å². The standard InChI is InChI=1S/C14H31NOSi/c1-11(2)17(12(3)4,13(5)6)16-10-14-8-7-9-15-14/h11-15H,7-10H2,1-6H3. The molecule has 2 nitrogen and oxygen atoms in total. The summed E-state index contributed by atoms with van der Waals surface area (Å²) in [7, 11) is -1.64. The van der Waals surface area contributed by atoms with E-state index in [9.17, 15) is 0 Å². The maximum Gasteiger partial charge on any atom is 0.200 e. The molecule has 0 spiro atoms. The van der Waals surface area contributed by atoms with Gasteiger partial charge in [0.05, 0.1) is 0 Å². The first-order chi connectivity index (χ1) is 7.91. The lowest BCUT2D eigenvalue weighted by atomic mass is 10.2. The normalized spacial score (nSPS) is 22.1. The summed E-state index contributed by atoms with van der Waals surface area (Å²) in [5, 5.41) is 3.54. The molecule has 0 radical (unpaired) electrons. The highest BCUT2D eigenvalue weighted by molar-refractivity contribution is 6.77. The van der Waals surface area contributed by atoms with Gasteiger partial charge in [-0.2, -0.15) is 0 Å². The zero-order valence-electron chi connectivity index (χ0n) is 12.5. The Labute approximate surface area is 109 Å². The Morgan fingerprint density at radius 2 is 1.59 bits per heavy atom. The van der Waals surface area contributed by atoms with Crippen LogP contribution >= 0.6 is 0 Å². The third-order valence-electron chi connectivity index (χ3n) is 4.40. The Hall–Kier alpha value is 0.137. The highest BCUT2D eigenvalue weighted by Crippen LogP contribution is 2.42. The molecule has 1 fully saturated rings. The van der Waals surface area contributed by atoms with Gasteiger partial charge >= 0.3 is 0 Å². The van der Waals surface area contributed by atoms with Crippen LogP contribution in [0.3, 0.4) is 0 Å². The molecule has 1 N–H and O–H groups in total. The Kier molecular flexibility index (Phi) is 5.67. The van der Waals surface area contributed by atoms with Gasteiger partial charge in [0.1, 0.15) is 0 Å². The highest BCUT2D eigenvalue weighted by Gasteiger charge is 2.45. The van der Waals surface area contributed by atoms with Gasteiger partial charge in [-0.15, -0.1) is 0 Å². The molecule has 1 unspecified atom stereocenters. The number of hydrogen-bond acceptors (Lipinski definition) is 2. The summed E-state index contributed by atoms with van der Waals surface area (Å²) in [6, 6.07) is 0.609. The van der Waals surface area contributed by atoms with Crippen molar-refractivity contribution in [2.75, 3.05) is 13.2 Å². The summed E-state index contributed by atoms with van der Waals surface area (Å²) < 4.78 is 6.57. The SMILES string of the molecule is CC(C)[Si](OCC1CCCN1)(C(C)C)C(C)C. The van der Waals surface area contributed by atoms with Gasteiger partial charge in [0.2, 0.25) is 0 Å². The summed E-state index contributed by atoms with van der Waals surface area (Å²) in [6.07, 6.45) is 2.60. The maximum atomic E-state index is 6.57. The fourth-order valence-corrected chi connectivity index (χ4v) is 9.13. The van der Waals surface area contributed by atoms with E-state index in [1.54, 1.807) is 0 Å². The zero-order valence-corrected chi connectivity index (χ0v) is 13.5. The Bertz CT molecular complexity index is 200. The average Bonchev–Trinajstić information content (AvgIpc) is 2.69. The summed E-state index contributed by atoms with van der Waals surface area (Å²) in [6.45, 7) is 16.2. The quantitative estimate of drug-likeness (QED) is 0.728. The van der Waals surface area contributed by atoms with Crippen molar-refractivity contribution in [1.82, 2.24) is 5.32 Å². The summed E-state index contributed by atoms with van der Waals surface area (Å²) in [5.74, 6) is 0. The highest BCUT2D eigenvalue weighted by atomic mass is 28.4. The topological polar surface area (TPSA) is 21.3 Å². The van der Waals surface area contributed by atoms with Gasteiger partial charge in [-0.3, -0.25) is 0 Å². The lowest BCUT2D eigenvalue weighted by Crippen LogP contribution is -2.49. The van der Waals surface area contributed by atoms with Crippen LogP contribution in [-0.4, -0.2) is 27.5 Å². The van der Waals surface area contributed by atoms with Crippen molar-refractivity contribution in [3.05, 3.63) is 0 Å². The van der Waals surface area contributed by atoms with E-state index in [1.807, 2.05) is 0 Å². The maximum absolute atomic E-state index is 6.57. The minimum absolute atomic E-state index is 0.609. The van der Waals surface area contributed by atoms with Crippen molar-refractivity contribution in [3.8, 4) is 0 Å². The molecule has 102 valence electrons. The minimum Gasteiger partial charge on any atom is -0.414 e. The van der Waals surface area contributed by atoms with Gasteiger partial charge < -0.3 is 9.74 Å². The fourth-order valence-electron chi connectivity index (χ4n) is 3.64. The summed E-state index contributed by atoms with van der Waals surface area (Å²) in [4.78, 5) is 0. The van der Waals surface area contributed by atoms with Gasteiger partial charge in [-0.05, 0) is 36.0 Å². The van der Waals surface area contributed by atoms with Gasteiger partial charge in [0.25, 0.3) is 0 Å². The predicted molar refractivity (Wildman–Crippen MR) is 78.0 cm³/mol. The van der Waals surface area contributed by atoms with E-state index in [4.69, 9.17) is 4.43 Å². The van der Waals surface area contributed by atoms with Crippen LogP contribution in [0.15, 0.2) is 0 Å². The molecule has 1 aliphatic rings. The van der Waals surface area contributed by atoms with Crippen molar-refractivity contribution >= 4 is 8.32 Å². The van der Waals surface area contributed by atoms with E-state index in [0.29, 0.717) is 22.7 Å². The van der Waals surface area contributed by atoms with E-state index in [0.717, 1.165) is 6.61 Å². The van der Waals surface area contributed by atoms with Crippen LogP contribution in [0, 0.1) is 0 Å². The first-order valence-corrected chi connectivity index (χ1v) is 9.42. The van der Waals surface area contributed by atoms with Crippen LogP contribution in [0.1, 0.15) is 54.4 Å². The van der Waals surface area contributed by atoms with Crippen LogP contribution in [0.2, 0.25) is 16.6 Å². The minimum atomic E-state index is -1.64. The lowest BCUT2D eigenvalue weighted by molar-refractivity contribution is 0.245. The fraction of sp³-hybridized carbons (Fsp3) is 1.00. The van der Waals surface area contributed by atoms with Crippen molar-refractivity contribution in [2.24, 2.45) is 0 Å². The van der Waals surface area contributed by atoms with Crippen molar-refractivity contribution in [3.63, 3.8) is 0 Å². The smallest absolute Gasteiger partial charge is 0.200 e. The summed E-state index contributed by atoms with van der Waals surface area (Å²) >= 11 is 0. The third-order valence-corrected chi connectivity index (χ3v) is 10.5. The molecule has 17 heavy (non-hydrogen) atoms. The Balaban J connectivity index is 2.67. The molecule has 0 aromatic rings. The van der Waals surface area contributed by atoms with Gasteiger partial charge in [-0.1, -0.05) is 41.5 Å². The van der Waals surface area contributed by atoms with Crippen LogP contribution < -0.4 is 5.32 Å². The van der Waals surface area contributed by atoms with Crippen LogP contribution in [0.25, 0.3) is 0 Å². The molecule has 0 amide bonds. The molecule has 1 saturated heterocycles. The van der Waals surface area contributed by atoms with Gasteiger partial charge in [0.15, 0.2) is 8.32 Å². The number of nitrogens with one attached hydrogen (secondary N) is 1. The van der Waals surface area contributed by atoms with E-state index in [1.165, 1.54) is 19.4 Å². The molecule has 0 aromatic carbocycles. The zero-order chi connectivity index (χ0) is 13.1. The average molecular weight is 257 g/mol.